The molecule has 0 atom stereocenters. The Bertz CT molecular complexity index is 831. The summed E-state index contributed by atoms with van der Waals surface area (Å²) < 4.78 is 19.3. The predicted octanol–water partition coefficient (Wildman–Crippen LogP) is 2.76. The third kappa shape index (κ3) is 5.17. The van der Waals surface area contributed by atoms with Gasteiger partial charge in [0.2, 0.25) is 5.91 Å². The largest absolute Gasteiger partial charge is 0.360 e. The van der Waals surface area contributed by atoms with Gasteiger partial charge in [0.1, 0.15) is 5.82 Å². The van der Waals surface area contributed by atoms with Crippen molar-refractivity contribution in [3.63, 3.8) is 0 Å². The smallest absolute Gasteiger partial charge is 0.233 e. The number of aromatic nitrogens is 1. The molecular weight excluding hydrogens is 369 g/mol. The van der Waals surface area contributed by atoms with E-state index >= 15 is 0 Å². The summed E-state index contributed by atoms with van der Waals surface area (Å²) in [6.07, 6.45) is 0. The second-order valence-electron chi connectivity index (χ2n) is 6.58. The second-order valence-corrected chi connectivity index (χ2v) is 7.60. The van der Waals surface area contributed by atoms with Crippen LogP contribution in [0.1, 0.15) is 28.7 Å². The summed E-state index contributed by atoms with van der Waals surface area (Å²) in [6, 6.07) is 6.28. The van der Waals surface area contributed by atoms with Crippen molar-refractivity contribution in [1.29, 1.82) is 0 Å². The van der Waals surface area contributed by atoms with Crippen LogP contribution in [-0.4, -0.2) is 58.6 Å². The van der Waals surface area contributed by atoms with E-state index in [-0.39, 0.29) is 17.4 Å². The summed E-state index contributed by atoms with van der Waals surface area (Å²) in [4.78, 5) is 28.1. The van der Waals surface area contributed by atoms with Gasteiger partial charge in [0.05, 0.1) is 18.0 Å². The Kier molecular flexibility index (Phi) is 6.28. The lowest BCUT2D eigenvalue weighted by Gasteiger charge is -2.34. The summed E-state index contributed by atoms with van der Waals surface area (Å²) >= 11 is 1.16. The van der Waals surface area contributed by atoms with E-state index in [9.17, 15) is 14.0 Å². The molecule has 3 rings (SSSR count). The highest BCUT2D eigenvalue weighted by atomic mass is 32.2. The van der Waals surface area contributed by atoms with Crippen molar-refractivity contribution in [2.75, 3.05) is 31.9 Å². The molecule has 0 saturated carbocycles. The Morgan fingerprint density at radius 2 is 1.96 bits per heavy atom. The monoisotopic (exact) mass is 391 g/mol. The van der Waals surface area contributed by atoms with Gasteiger partial charge in [0.15, 0.2) is 11.5 Å². The van der Waals surface area contributed by atoms with E-state index in [2.05, 4.69) is 10.1 Å². The van der Waals surface area contributed by atoms with Crippen molar-refractivity contribution in [3.8, 4) is 0 Å². The number of carbonyl (C=O) groups excluding carboxylic acids is 2. The molecule has 1 aromatic heterocycles. The zero-order valence-corrected chi connectivity index (χ0v) is 16.2. The fourth-order valence-electron chi connectivity index (χ4n) is 2.93. The first-order valence-electron chi connectivity index (χ1n) is 8.78. The third-order valence-electron chi connectivity index (χ3n) is 4.47. The number of hydrogen-bond acceptors (Lipinski definition) is 6. The normalized spacial score (nSPS) is 15.1. The SMILES string of the molecule is CC(=O)c1ccc(SCC(=O)N2CCN(Cc3cc(C)no3)CC2)c(F)c1. The zero-order valence-electron chi connectivity index (χ0n) is 15.4. The number of halogens is 1. The fourth-order valence-corrected chi connectivity index (χ4v) is 3.76. The van der Waals surface area contributed by atoms with Crippen molar-refractivity contribution in [2.45, 2.75) is 25.3 Å². The van der Waals surface area contributed by atoms with Gasteiger partial charge in [-0.1, -0.05) is 11.2 Å². The highest BCUT2D eigenvalue weighted by Crippen LogP contribution is 2.23. The molecule has 1 fully saturated rings. The first kappa shape index (κ1) is 19.6. The van der Waals surface area contributed by atoms with Gasteiger partial charge in [-0.25, -0.2) is 4.39 Å². The van der Waals surface area contributed by atoms with Gasteiger partial charge < -0.3 is 9.42 Å². The van der Waals surface area contributed by atoms with Crippen molar-refractivity contribution < 1.29 is 18.5 Å². The molecule has 2 heterocycles. The number of piperazine rings is 1. The van der Waals surface area contributed by atoms with Crippen molar-refractivity contribution in [1.82, 2.24) is 15.0 Å². The minimum atomic E-state index is -0.465. The molecule has 0 spiro atoms. The average molecular weight is 391 g/mol. The molecule has 1 aliphatic rings. The molecule has 0 radical (unpaired) electrons. The van der Waals surface area contributed by atoms with Crippen molar-refractivity contribution in [3.05, 3.63) is 47.1 Å². The van der Waals surface area contributed by atoms with Gasteiger partial charge in [-0.2, -0.15) is 0 Å². The summed E-state index contributed by atoms with van der Waals surface area (Å²) in [5.74, 6) is 0.350. The quantitative estimate of drug-likeness (QED) is 0.557. The Hall–Kier alpha value is -2.19. The first-order valence-corrected chi connectivity index (χ1v) is 9.76. The molecule has 8 heteroatoms. The van der Waals surface area contributed by atoms with Crippen LogP contribution >= 0.6 is 11.8 Å². The van der Waals surface area contributed by atoms with Gasteiger partial charge in [-0.3, -0.25) is 14.5 Å². The summed E-state index contributed by atoms with van der Waals surface area (Å²) in [6.45, 7) is 6.77. The van der Waals surface area contributed by atoms with Crippen LogP contribution in [0.4, 0.5) is 4.39 Å². The minimum Gasteiger partial charge on any atom is -0.360 e. The maximum absolute atomic E-state index is 14.0. The molecule has 1 amide bonds. The zero-order chi connectivity index (χ0) is 19.4. The van der Waals surface area contributed by atoms with Crippen molar-refractivity contribution in [2.24, 2.45) is 0 Å². The highest BCUT2D eigenvalue weighted by Gasteiger charge is 2.22. The maximum Gasteiger partial charge on any atom is 0.233 e. The summed E-state index contributed by atoms with van der Waals surface area (Å²) in [5, 5.41) is 3.88. The Balaban J connectivity index is 1.46. The number of amides is 1. The average Bonchev–Trinajstić information content (AvgIpc) is 3.05. The molecule has 0 aliphatic carbocycles. The van der Waals surface area contributed by atoms with Crippen LogP contribution in [0, 0.1) is 12.7 Å². The number of carbonyl (C=O) groups is 2. The number of Topliss-reactive ketones (excluding diaryl/α,β-unsaturated/α-hetero) is 1. The van der Waals surface area contributed by atoms with Crippen molar-refractivity contribution >= 4 is 23.5 Å². The van der Waals surface area contributed by atoms with Gasteiger partial charge in [-0.15, -0.1) is 11.8 Å². The van der Waals surface area contributed by atoms with E-state index in [1.54, 1.807) is 17.0 Å². The number of thioether (sulfide) groups is 1. The highest BCUT2D eigenvalue weighted by molar-refractivity contribution is 8.00. The Morgan fingerprint density at radius 3 is 2.56 bits per heavy atom. The standard InChI is InChI=1S/C19H22FN3O3S/c1-13-9-16(26-21-13)11-22-5-7-23(8-6-22)19(25)12-27-18-4-3-15(14(2)24)10-17(18)20/h3-4,9-10H,5-8,11-12H2,1-2H3. The van der Waals surface area contributed by atoms with Crippen LogP contribution in [0.5, 0.6) is 0 Å². The van der Waals surface area contributed by atoms with E-state index in [1.165, 1.54) is 13.0 Å². The molecule has 1 saturated heterocycles. The van der Waals surface area contributed by atoms with Crippen LogP contribution in [-0.2, 0) is 11.3 Å². The van der Waals surface area contributed by atoms with Crippen LogP contribution < -0.4 is 0 Å². The number of rotatable bonds is 6. The van der Waals surface area contributed by atoms with Gasteiger partial charge in [0.25, 0.3) is 0 Å². The topological polar surface area (TPSA) is 66.7 Å². The minimum absolute atomic E-state index is 0.00907. The third-order valence-corrected chi connectivity index (χ3v) is 5.50. The lowest BCUT2D eigenvalue weighted by molar-refractivity contribution is -0.130. The van der Waals surface area contributed by atoms with Crippen LogP contribution in [0.15, 0.2) is 33.7 Å². The van der Waals surface area contributed by atoms with Crippen LogP contribution in [0.25, 0.3) is 0 Å². The molecule has 6 nitrogen and oxygen atoms in total. The van der Waals surface area contributed by atoms with Gasteiger partial charge >= 0.3 is 0 Å². The van der Waals surface area contributed by atoms with Gasteiger partial charge in [-0.05, 0) is 26.0 Å². The van der Waals surface area contributed by atoms with E-state index < -0.39 is 5.82 Å². The predicted molar refractivity (Wildman–Crippen MR) is 100 cm³/mol. The van der Waals surface area contributed by atoms with E-state index in [1.807, 2.05) is 13.0 Å². The molecular formula is C19H22FN3O3S. The lowest BCUT2D eigenvalue weighted by Crippen LogP contribution is -2.48. The fraction of sp³-hybridized carbons (Fsp3) is 0.421. The molecule has 144 valence electrons. The first-order chi connectivity index (χ1) is 12.9. The lowest BCUT2D eigenvalue weighted by atomic mass is 10.1. The number of ketones is 1. The maximum atomic E-state index is 14.0. The molecule has 0 bridgehead atoms. The van der Waals surface area contributed by atoms with E-state index in [4.69, 9.17) is 4.52 Å². The Morgan fingerprint density at radius 1 is 1.22 bits per heavy atom. The molecule has 1 aromatic carbocycles. The molecule has 27 heavy (non-hydrogen) atoms. The van der Waals surface area contributed by atoms with E-state index in [0.29, 0.717) is 30.1 Å². The Labute approximate surface area is 161 Å². The molecule has 1 aliphatic heterocycles. The number of benzene rings is 1. The summed E-state index contributed by atoms with van der Waals surface area (Å²) in [7, 11) is 0. The molecule has 0 N–H and O–H groups in total. The number of hydrogen-bond donors (Lipinski definition) is 0. The van der Waals surface area contributed by atoms with Crippen LogP contribution in [0.3, 0.4) is 0 Å². The second kappa shape index (κ2) is 8.67. The van der Waals surface area contributed by atoms with E-state index in [0.717, 1.165) is 36.3 Å². The van der Waals surface area contributed by atoms with Crippen LogP contribution in [0.2, 0.25) is 0 Å². The number of aryl methyl sites for hydroxylation is 1. The summed E-state index contributed by atoms with van der Waals surface area (Å²) in [5.41, 5.74) is 1.20. The molecule has 2 aromatic rings. The number of nitrogens with zero attached hydrogens (tertiary/aromatic N) is 3. The van der Waals surface area contributed by atoms with Gasteiger partial charge in [0, 0.05) is 42.7 Å². The molecule has 0 unspecified atom stereocenters.